The van der Waals surface area contributed by atoms with E-state index in [1.54, 1.807) is 12.1 Å². The van der Waals surface area contributed by atoms with Crippen LogP contribution < -0.4 is 14.8 Å². The Morgan fingerprint density at radius 2 is 1.80 bits per heavy atom. The average Bonchev–Trinajstić information content (AvgIpc) is 3.25. The van der Waals surface area contributed by atoms with Crippen LogP contribution >= 0.6 is 11.8 Å². The number of nitrogens with one attached hydrogen (secondary N) is 1. The summed E-state index contributed by atoms with van der Waals surface area (Å²) in [5, 5.41) is 3.63. The number of halogens is 6. The molecule has 1 N–H and O–H groups in total. The first kappa shape index (κ1) is 29.7. The highest BCUT2D eigenvalue weighted by Gasteiger charge is 2.38. The van der Waals surface area contributed by atoms with Crippen LogP contribution in [0.2, 0.25) is 0 Å². The molecule has 216 valence electrons. The highest BCUT2D eigenvalue weighted by Crippen LogP contribution is 2.38. The maximum atomic E-state index is 13.4. The first-order valence-corrected chi connectivity index (χ1v) is 12.9. The lowest BCUT2D eigenvalue weighted by atomic mass is 10.0. The summed E-state index contributed by atoms with van der Waals surface area (Å²) in [5.74, 6) is -0.181. The first-order chi connectivity index (χ1) is 18.9. The van der Waals surface area contributed by atoms with Gasteiger partial charge in [0.25, 0.3) is 5.91 Å². The van der Waals surface area contributed by atoms with Gasteiger partial charge >= 0.3 is 12.4 Å². The number of nitrogens with zero attached hydrogens (tertiary/aromatic N) is 2. The number of methoxy groups -OCH3 is 1. The minimum atomic E-state index is -5.01. The monoisotopic (exact) mass is 589 g/mol. The SMILES string of the molecule is COc1cc(/C=C2/SC(NCCN3CCOCC3)=NC2=O)ccc1OCc1ccc(C(F)(F)F)cc1C(F)(F)F. The maximum absolute atomic E-state index is 13.4. The standard InChI is InChI=1S/C26H25F6N3O4S/c1-37-21-12-16(13-22-23(36)34-24(40-22)33-6-7-35-8-10-38-11-9-35)2-5-20(21)39-15-17-3-4-18(25(27,28)29)14-19(17)26(30,31)32/h2-5,12-14H,6-11,15H2,1H3,(H,33,34,36)/b22-13+. The van der Waals surface area contributed by atoms with Gasteiger partial charge in [0.2, 0.25) is 0 Å². The molecule has 0 saturated carbocycles. The average molecular weight is 590 g/mol. The molecule has 0 aliphatic carbocycles. The van der Waals surface area contributed by atoms with Gasteiger partial charge in [-0.05, 0) is 47.7 Å². The number of carbonyl (C=O) groups is 1. The summed E-state index contributed by atoms with van der Waals surface area (Å²) in [5.41, 5.74) is -2.76. The second-order valence-electron chi connectivity index (χ2n) is 8.78. The summed E-state index contributed by atoms with van der Waals surface area (Å²) in [6.07, 6.45) is -8.34. The maximum Gasteiger partial charge on any atom is 0.416 e. The van der Waals surface area contributed by atoms with Crippen LogP contribution in [0.4, 0.5) is 26.3 Å². The molecule has 2 aliphatic rings. The molecule has 2 heterocycles. The number of benzene rings is 2. The van der Waals surface area contributed by atoms with Crippen molar-refractivity contribution in [1.29, 1.82) is 0 Å². The third kappa shape index (κ3) is 7.70. The van der Waals surface area contributed by atoms with Crippen molar-refractivity contribution in [2.45, 2.75) is 19.0 Å². The topological polar surface area (TPSA) is 72.4 Å². The van der Waals surface area contributed by atoms with Crippen LogP contribution in [0.15, 0.2) is 46.3 Å². The van der Waals surface area contributed by atoms with Crippen LogP contribution in [0.5, 0.6) is 11.5 Å². The zero-order valence-corrected chi connectivity index (χ0v) is 22.0. The molecule has 40 heavy (non-hydrogen) atoms. The van der Waals surface area contributed by atoms with Crippen molar-refractivity contribution in [3.05, 3.63) is 63.6 Å². The van der Waals surface area contributed by atoms with Crippen molar-refractivity contribution < 1.29 is 45.3 Å². The quantitative estimate of drug-likeness (QED) is 0.335. The van der Waals surface area contributed by atoms with Crippen molar-refractivity contribution in [3.63, 3.8) is 0 Å². The molecule has 4 rings (SSSR count). The molecule has 7 nitrogen and oxygen atoms in total. The molecule has 14 heteroatoms. The molecule has 0 spiro atoms. The lowest BCUT2D eigenvalue weighted by Gasteiger charge is -2.26. The molecule has 1 amide bonds. The Labute approximate surface area is 230 Å². The summed E-state index contributed by atoms with van der Waals surface area (Å²) in [4.78, 5) is 19.0. The smallest absolute Gasteiger partial charge is 0.416 e. The van der Waals surface area contributed by atoms with Crippen molar-refractivity contribution in [2.24, 2.45) is 4.99 Å². The summed E-state index contributed by atoms with van der Waals surface area (Å²) in [6.45, 7) is 3.83. The van der Waals surface area contributed by atoms with Gasteiger partial charge < -0.3 is 19.5 Å². The highest BCUT2D eigenvalue weighted by molar-refractivity contribution is 8.18. The molecule has 0 radical (unpaired) electrons. The first-order valence-electron chi connectivity index (χ1n) is 12.1. The third-order valence-electron chi connectivity index (χ3n) is 6.04. The van der Waals surface area contributed by atoms with Gasteiger partial charge in [-0.2, -0.15) is 31.3 Å². The number of carbonyl (C=O) groups excluding carboxylic acids is 1. The molecular weight excluding hydrogens is 564 g/mol. The molecular formula is C26H25F6N3O4S. The van der Waals surface area contributed by atoms with Crippen LogP contribution in [-0.4, -0.2) is 62.5 Å². The molecule has 0 unspecified atom stereocenters. The normalized spacial score (nSPS) is 17.7. The highest BCUT2D eigenvalue weighted by atomic mass is 32.2. The fraction of sp³-hybridized carbons (Fsp3) is 0.385. The number of aliphatic imine (C=N–C) groups is 1. The second-order valence-corrected chi connectivity index (χ2v) is 9.81. The summed E-state index contributed by atoms with van der Waals surface area (Å²) in [6, 6.07) is 5.92. The summed E-state index contributed by atoms with van der Waals surface area (Å²) in [7, 11) is 1.33. The van der Waals surface area contributed by atoms with E-state index in [-0.39, 0.29) is 17.6 Å². The fourth-order valence-corrected chi connectivity index (χ4v) is 4.81. The van der Waals surface area contributed by atoms with Crippen LogP contribution in [0.25, 0.3) is 6.08 Å². The number of amidine groups is 1. The van der Waals surface area contributed by atoms with Crippen molar-refractivity contribution in [1.82, 2.24) is 10.2 Å². The number of amides is 1. The molecule has 2 aromatic carbocycles. The fourth-order valence-electron chi connectivity index (χ4n) is 3.97. The van der Waals surface area contributed by atoms with E-state index in [1.165, 1.54) is 31.0 Å². The van der Waals surface area contributed by atoms with E-state index >= 15 is 0 Å². The number of thioether (sulfide) groups is 1. The Balaban J connectivity index is 1.40. The van der Waals surface area contributed by atoms with E-state index in [2.05, 4.69) is 15.2 Å². The van der Waals surface area contributed by atoms with E-state index < -0.39 is 41.6 Å². The van der Waals surface area contributed by atoms with Gasteiger partial charge in [-0.1, -0.05) is 12.1 Å². The van der Waals surface area contributed by atoms with Crippen LogP contribution in [0.1, 0.15) is 22.3 Å². The van der Waals surface area contributed by atoms with Gasteiger partial charge in [-0.25, -0.2) is 0 Å². The zero-order valence-electron chi connectivity index (χ0n) is 21.2. The van der Waals surface area contributed by atoms with E-state index in [0.29, 0.717) is 41.5 Å². The van der Waals surface area contributed by atoms with Gasteiger partial charge in [0.1, 0.15) is 6.61 Å². The van der Waals surface area contributed by atoms with E-state index in [0.717, 1.165) is 25.7 Å². The lowest BCUT2D eigenvalue weighted by molar-refractivity contribution is -0.143. The molecule has 1 fully saturated rings. The largest absolute Gasteiger partial charge is 0.493 e. The van der Waals surface area contributed by atoms with Gasteiger partial charge in [0.05, 0.1) is 36.4 Å². The van der Waals surface area contributed by atoms with Crippen molar-refractivity contribution in [3.8, 4) is 11.5 Å². The Kier molecular flexibility index (Phi) is 9.31. The zero-order chi connectivity index (χ0) is 28.9. The molecule has 1 saturated heterocycles. The molecule has 2 aromatic rings. The van der Waals surface area contributed by atoms with Gasteiger partial charge in [-0.15, -0.1) is 0 Å². The predicted octanol–water partition coefficient (Wildman–Crippen LogP) is 5.20. The van der Waals surface area contributed by atoms with Gasteiger partial charge in [-0.3, -0.25) is 9.69 Å². The Bertz CT molecular complexity index is 1290. The number of hydrogen-bond donors (Lipinski definition) is 1. The number of alkyl halides is 6. The number of ether oxygens (including phenoxy) is 3. The van der Waals surface area contributed by atoms with Crippen LogP contribution in [0, 0.1) is 0 Å². The van der Waals surface area contributed by atoms with E-state index in [1.807, 2.05) is 0 Å². The number of rotatable bonds is 8. The van der Waals surface area contributed by atoms with Gasteiger partial charge in [0, 0.05) is 31.7 Å². The Hall–Kier alpha value is -3.23. The Morgan fingerprint density at radius 1 is 1.05 bits per heavy atom. The second kappa shape index (κ2) is 12.5. The minimum absolute atomic E-state index is 0.0648. The van der Waals surface area contributed by atoms with E-state index in [9.17, 15) is 31.1 Å². The molecule has 0 aromatic heterocycles. The lowest BCUT2D eigenvalue weighted by Crippen LogP contribution is -2.40. The Morgan fingerprint density at radius 3 is 2.48 bits per heavy atom. The number of hydrogen-bond acceptors (Lipinski definition) is 7. The molecule has 0 bridgehead atoms. The third-order valence-corrected chi connectivity index (χ3v) is 6.98. The summed E-state index contributed by atoms with van der Waals surface area (Å²) >= 11 is 1.18. The van der Waals surface area contributed by atoms with Gasteiger partial charge in [0.15, 0.2) is 16.7 Å². The van der Waals surface area contributed by atoms with Crippen LogP contribution in [0.3, 0.4) is 0 Å². The van der Waals surface area contributed by atoms with E-state index in [4.69, 9.17) is 14.2 Å². The minimum Gasteiger partial charge on any atom is -0.493 e. The van der Waals surface area contributed by atoms with Crippen LogP contribution in [-0.2, 0) is 28.5 Å². The molecule has 0 atom stereocenters. The summed E-state index contributed by atoms with van der Waals surface area (Å²) < 4.78 is 95.2. The van der Waals surface area contributed by atoms with Crippen molar-refractivity contribution in [2.75, 3.05) is 46.5 Å². The van der Waals surface area contributed by atoms with Crippen molar-refractivity contribution >= 4 is 28.9 Å². The predicted molar refractivity (Wildman–Crippen MR) is 137 cm³/mol. The number of morpholine rings is 1. The molecule has 2 aliphatic heterocycles.